The molecule has 0 saturated carbocycles. The third-order valence-corrected chi connectivity index (χ3v) is 2.08. The van der Waals surface area contributed by atoms with Gasteiger partial charge in [0.1, 0.15) is 11.6 Å². The Kier molecular flexibility index (Phi) is 3.47. The Morgan fingerprint density at radius 2 is 2.14 bits per heavy atom. The second-order valence-corrected chi connectivity index (χ2v) is 3.47. The topological polar surface area (TPSA) is 29.5 Å². The number of aliphatic hydroxyl groups is 1. The summed E-state index contributed by atoms with van der Waals surface area (Å²) in [5.41, 5.74) is 1.25. The third kappa shape index (κ3) is 2.45. The zero-order chi connectivity index (χ0) is 10.7. The smallest absolute Gasteiger partial charge is 0.126 e. The molecule has 0 aliphatic heterocycles. The van der Waals surface area contributed by atoms with Gasteiger partial charge in [0.05, 0.1) is 13.2 Å². The van der Waals surface area contributed by atoms with Gasteiger partial charge >= 0.3 is 0 Å². The molecule has 0 aliphatic carbocycles. The fourth-order valence-corrected chi connectivity index (χ4v) is 1.36. The average molecular weight is 198 g/mol. The molecule has 1 unspecified atom stereocenters. The first kappa shape index (κ1) is 11.0. The lowest BCUT2D eigenvalue weighted by Crippen LogP contribution is -2.06. The van der Waals surface area contributed by atoms with Crippen LogP contribution in [0.1, 0.15) is 18.1 Å². The van der Waals surface area contributed by atoms with Gasteiger partial charge in [0, 0.05) is 6.42 Å². The maximum Gasteiger partial charge on any atom is 0.126 e. The van der Waals surface area contributed by atoms with Crippen molar-refractivity contribution in [3.63, 3.8) is 0 Å². The normalized spacial score (nSPS) is 12.6. The minimum Gasteiger partial charge on any atom is -0.496 e. The number of rotatable bonds is 3. The predicted molar refractivity (Wildman–Crippen MR) is 53.1 cm³/mol. The van der Waals surface area contributed by atoms with E-state index in [-0.39, 0.29) is 5.82 Å². The highest BCUT2D eigenvalue weighted by Crippen LogP contribution is 2.23. The summed E-state index contributed by atoms with van der Waals surface area (Å²) < 4.78 is 18.3. The van der Waals surface area contributed by atoms with Crippen molar-refractivity contribution in [1.82, 2.24) is 0 Å². The van der Waals surface area contributed by atoms with E-state index in [4.69, 9.17) is 4.74 Å². The summed E-state index contributed by atoms with van der Waals surface area (Å²) in [6.07, 6.45) is -0.0913. The molecule has 0 spiro atoms. The summed E-state index contributed by atoms with van der Waals surface area (Å²) in [6, 6.07) is 3.06. The molecule has 0 aliphatic rings. The van der Waals surface area contributed by atoms with E-state index in [1.54, 1.807) is 19.9 Å². The van der Waals surface area contributed by atoms with E-state index in [1.165, 1.54) is 13.2 Å². The van der Waals surface area contributed by atoms with Gasteiger partial charge in [-0.1, -0.05) is 0 Å². The van der Waals surface area contributed by atoms with E-state index in [0.29, 0.717) is 23.3 Å². The number of hydrogen-bond acceptors (Lipinski definition) is 2. The number of aliphatic hydroxyl groups excluding tert-OH is 1. The molecule has 0 fully saturated rings. The third-order valence-electron chi connectivity index (χ3n) is 2.08. The molecule has 0 heterocycles. The zero-order valence-electron chi connectivity index (χ0n) is 8.67. The summed E-state index contributed by atoms with van der Waals surface area (Å²) in [5, 5.41) is 9.21. The van der Waals surface area contributed by atoms with Crippen molar-refractivity contribution < 1.29 is 14.2 Å². The van der Waals surface area contributed by atoms with Crippen molar-refractivity contribution in [3.05, 3.63) is 29.1 Å². The Labute approximate surface area is 83.3 Å². The van der Waals surface area contributed by atoms with E-state index >= 15 is 0 Å². The molecule has 0 radical (unpaired) electrons. The molecule has 0 saturated heterocycles. The minimum atomic E-state index is -0.494. The van der Waals surface area contributed by atoms with Crippen LogP contribution in [-0.4, -0.2) is 18.3 Å². The van der Waals surface area contributed by atoms with Crippen LogP contribution in [0.25, 0.3) is 0 Å². The first-order chi connectivity index (χ1) is 6.54. The molecule has 1 atom stereocenters. The van der Waals surface area contributed by atoms with Gasteiger partial charge in [0.15, 0.2) is 0 Å². The van der Waals surface area contributed by atoms with Crippen LogP contribution in [0.2, 0.25) is 0 Å². The summed E-state index contributed by atoms with van der Waals surface area (Å²) in [4.78, 5) is 0. The fourth-order valence-electron chi connectivity index (χ4n) is 1.36. The van der Waals surface area contributed by atoms with Gasteiger partial charge < -0.3 is 9.84 Å². The van der Waals surface area contributed by atoms with Gasteiger partial charge in [0.25, 0.3) is 0 Å². The number of ether oxygens (including phenoxy) is 1. The monoisotopic (exact) mass is 198 g/mol. The Hall–Kier alpha value is -1.09. The number of hydrogen-bond donors (Lipinski definition) is 1. The van der Waals surface area contributed by atoms with Gasteiger partial charge in [-0.25, -0.2) is 4.39 Å². The quantitative estimate of drug-likeness (QED) is 0.805. The minimum absolute atomic E-state index is 0.263. The zero-order valence-corrected chi connectivity index (χ0v) is 8.67. The van der Waals surface area contributed by atoms with Crippen LogP contribution < -0.4 is 4.74 Å². The standard InChI is InChI=1S/C11H15FO2/c1-7-4-11(14-3)9(5-8(2)13)6-10(7)12/h4,6,8,13H,5H2,1-3H3. The molecular formula is C11H15FO2. The Morgan fingerprint density at radius 1 is 1.50 bits per heavy atom. The van der Waals surface area contributed by atoms with E-state index in [1.807, 2.05) is 0 Å². The molecule has 1 aromatic rings. The second-order valence-electron chi connectivity index (χ2n) is 3.47. The summed E-state index contributed by atoms with van der Waals surface area (Å²) in [5.74, 6) is 0.367. The van der Waals surface area contributed by atoms with E-state index in [2.05, 4.69) is 0 Å². The van der Waals surface area contributed by atoms with Crippen molar-refractivity contribution in [3.8, 4) is 5.75 Å². The maximum absolute atomic E-state index is 13.2. The predicted octanol–water partition coefficient (Wildman–Crippen LogP) is 2.07. The summed E-state index contributed by atoms with van der Waals surface area (Å²) in [7, 11) is 1.54. The lowest BCUT2D eigenvalue weighted by molar-refractivity contribution is 0.194. The molecule has 1 rings (SSSR count). The molecule has 78 valence electrons. The number of methoxy groups -OCH3 is 1. The van der Waals surface area contributed by atoms with Gasteiger partial charge in [-0.05, 0) is 37.1 Å². The molecule has 0 bridgehead atoms. The molecule has 1 aromatic carbocycles. The van der Waals surface area contributed by atoms with Gasteiger partial charge in [0.2, 0.25) is 0 Å². The van der Waals surface area contributed by atoms with Gasteiger partial charge in [-0.15, -0.1) is 0 Å². The SMILES string of the molecule is COc1cc(C)c(F)cc1CC(C)O. The van der Waals surface area contributed by atoms with Crippen LogP contribution in [0.5, 0.6) is 5.75 Å². The van der Waals surface area contributed by atoms with Crippen molar-refractivity contribution in [2.24, 2.45) is 0 Å². The van der Waals surface area contributed by atoms with Crippen LogP contribution in [-0.2, 0) is 6.42 Å². The highest BCUT2D eigenvalue weighted by Gasteiger charge is 2.09. The number of aryl methyl sites for hydroxylation is 1. The maximum atomic E-state index is 13.2. The summed E-state index contributed by atoms with van der Waals surface area (Å²) in [6.45, 7) is 3.35. The highest BCUT2D eigenvalue weighted by atomic mass is 19.1. The first-order valence-corrected chi connectivity index (χ1v) is 4.55. The highest BCUT2D eigenvalue weighted by molar-refractivity contribution is 5.38. The first-order valence-electron chi connectivity index (χ1n) is 4.55. The molecule has 0 amide bonds. The van der Waals surface area contributed by atoms with Crippen LogP contribution in [0.15, 0.2) is 12.1 Å². The van der Waals surface area contributed by atoms with Crippen molar-refractivity contribution in [2.75, 3.05) is 7.11 Å². The van der Waals surface area contributed by atoms with Crippen LogP contribution in [0.4, 0.5) is 4.39 Å². The summed E-state index contributed by atoms with van der Waals surface area (Å²) >= 11 is 0. The van der Waals surface area contributed by atoms with Crippen LogP contribution >= 0.6 is 0 Å². The van der Waals surface area contributed by atoms with Crippen molar-refractivity contribution in [2.45, 2.75) is 26.4 Å². The number of benzene rings is 1. The Morgan fingerprint density at radius 3 is 2.64 bits per heavy atom. The molecular weight excluding hydrogens is 183 g/mol. The van der Waals surface area contributed by atoms with Crippen molar-refractivity contribution in [1.29, 1.82) is 0 Å². The van der Waals surface area contributed by atoms with E-state index in [9.17, 15) is 9.50 Å². The van der Waals surface area contributed by atoms with Crippen LogP contribution in [0, 0.1) is 12.7 Å². The molecule has 1 N–H and O–H groups in total. The van der Waals surface area contributed by atoms with Crippen LogP contribution in [0.3, 0.4) is 0 Å². The van der Waals surface area contributed by atoms with E-state index < -0.39 is 6.10 Å². The Bertz CT molecular complexity index is 321. The lowest BCUT2D eigenvalue weighted by atomic mass is 10.0. The van der Waals surface area contributed by atoms with Gasteiger partial charge in [-0.3, -0.25) is 0 Å². The molecule has 3 heteroatoms. The molecule has 2 nitrogen and oxygen atoms in total. The second kappa shape index (κ2) is 4.42. The van der Waals surface area contributed by atoms with Gasteiger partial charge in [-0.2, -0.15) is 0 Å². The molecule has 14 heavy (non-hydrogen) atoms. The largest absolute Gasteiger partial charge is 0.496 e. The van der Waals surface area contributed by atoms with E-state index in [0.717, 1.165) is 0 Å². The average Bonchev–Trinajstić information content (AvgIpc) is 2.10. The fraction of sp³-hybridized carbons (Fsp3) is 0.455. The van der Waals surface area contributed by atoms with Crippen molar-refractivity contribution >= 4 is 0 Å². The molecule has 0 aromatic heterocycles. The number of halogens is 1. The Balaban J connectivity index is 3.07. The lowest BCUT2D eigenvalue weighted by Gasteiger charge is -2.11.